The van der Waals surface area contributed by atoms with Crippen molar-refractivity contribution in [2.24, 2.45) is 12.0 Å². The zero-order chi connectivity index (χ0) is 17.2. The maximum absolute atomic E-state index is 4.22. The van der Waals surface area contributed by atoms with E-state index in [2.05, 4.69) is 61.9 Å². The lowest BCUT2D eigenvalue weighted by molar-refractivity contribution is 0.660. The number of unbranched alkanes of at least 4 members (excludes halogenated alkanes) is 1. The third-order valence-electron chi connectivity index (χ3n) is 3.85. The Morgan fingerprint density at radius 2 is 1.96 bits per heavy atom. The first-order valence-corrected chi connectivity index (χ1v) is 8.24. The average Bonchev–Trinajstić information content (AvgIpc) is 3.03. The third-order valence-corrected chi connectivity index (χ3v) is 3.85. The van der Waals surface area contributed by atoms with Crippen molar-refractivity contribution in [3.8, 4) is 0 Å². The standard InChI is InChI=1S/C17H27N7.HI/c1-18-17(20-13-16-21-14-22-24(16)3)19-11-7-8-12-23(2)15-9-5-4-6-10-15;/h4-6,9-10,14H,7-8,11-13H2,1-3H3,(H2,18,19,20);1H. The second-order valence-corrected chi connectivity index (χ2v) is 5.62. The van der Waals surface area contributed by atoms with Crippen molar-refractivity contribution in [1.82, 2.24) is 25.4 Å². The number of nitrogens with one attached hydrogen (secondary N) is 2. The van der Waals surface area contributed by atoms with Crippen molar-refractivity contribution >= 4 is 35.6 Å². The second-order valence-electron chi connectivity index (χ2n) is 5.62. The molecule has 0 bridgehead atoms. The molecule has 0 unspecified atom stereocenters. The van der Waals surface area contributed by atoms with Crippen LogP contribution in [0.4, 0.5) is 5.69 Å². The van der Waals surface area contributed by atoms with Gasteiger partial charge in [0.25, 0.3) is 0 Å². The van der Waals surface area contributed by atoms with Crippen molar-refractivity contribution in [3.63, 3.8) is 0 Å². The van der Waals surface area contributed by atoms with E-state index in [9.17, 15) is 0 Å². The zero-order valence-electron chi connectivity index (χ0n) is 15.1. The summed E-state index contributed by atoms with van der Waals surface area (Å²) in [5.41, 5.74) is 1.26. The Labute approximate surface area is 166 Å². The zero-order valence-corrected chi connectivity index (χ0v) is 17.5. The lowest BCUT2D eigenvalue weighted by Gasteiger charge is -2.19. The number of hydrogen-bond acceptors (Lipinski definition) is 4. The average molecular weight is 457 g/mol. The highest BCUT2D eigenvalue weighted by molar-refractivity contribution is 14.0. The molecule has 1 heterocycles. The van der Waals surface area contributed by atoms with Crippen molar-refractivity contribution in [1.29, 1.82) is 0 Å². The highest BCUT2D eigenvalue weighted by Crippen LogP contribution is 2.11. The van der Waals surface area contributed by atoms with E-state index < -0.39 is 0 Å². The first kappa shape index (κ1) is 21.2. The summed E-state index contributed by atoms with van der Waals surface area (Å²) < 4.78 is 1.75. The van der Waals surface area contributed by atoms with Gasteiger partial charge in [-0.15, -0.1) is 24.0 Å². The van der Waals surface area contributed by atoms with Crippen molar-refractivity contribution < 1.29 is 0 Å². The second kappa shape index (κ2) is 11.7. The van der Waals surface area contributed by atoms with Gasteiger partial charge < -0.3 is 15.5 Å². The van der Waals surface area contributed by atoms with E-state index >= 15 is 0 Å². The van der Waals surface area contributed by atoms with Crippen LogP contribution < -0.4 is 15.5 Å². The Balaban J connectivity index is 0.00000312. The first-order chi connectivity index (χ1) is 11.7. The molecule has 0 aliphatic rings. The van der Waals surface area contributed by atoms with Crippen LogP contribution >= 0.6 is 24.0 Å². The topological polar surface area (TPSA) is 70.4 Å². The van der Waals surface area contributed by atoms with E-state index in [1.54, 1.807) is 18.1 Å². The Bertz CT molecular complexity index is 627. The minimum atomic E-state index is 0. The van der Waals surface area contributed by atoms with E-state index in [1.165, 1.54) is 5.69 Å². The SMILES string of the molecule is CN=C(NCCCCN(C)c1ccccc1)NCc1ncnn1C.I. The van der Waals surface area contributed by atoms with Gasteiger partial charge in [-0.05, 0) is 25.0 Å². The van der Waals surface area contributed by atoms with Gasteiger partial charge in [-0.1, -0.05) is 18.2 Å². The van der Waals surface area contributed by atoms with Crippen LogP contribution in [0.3, 0.4) is 0 Å². The summed E-state index contributed by atoms with van der Waals surface area (Å²) in [6.45, 7) is 2.53. The number of hydrogen-bond donors (Lipinski definition) is 2. The first-order valence-electron chi connectivity index (χ1n) is 8.24. The number of halogens is 1. The van der Waals surface area contributed by atoms with Gasteiger partial charge in [0, 0.05) is 39.9 Å². The smallest absolute Gasteiger partial charge is 0.191 e. The molecule has 0 atom stereocenters. The molecule has 7 nitrogen and oxygen atoms in total. The molecule has 0 aliphatic heterocycles. The summed E-state index contributed by atoms with van der Waals surface area (Å²) in [5.74, 6) is 1.66. The summed E-state index contributed by atoms with van der Waals surface area (Å²) in [7, 11) is 5.78. The Hall–Kier alpha value is -1.84. The van der Waals surface area contributed by atoms with Crippen molar-refractivity contribution in [3.05, 3.63) is 42.5 Å². The number of aromatic nitrogens is 3. The van der Waals surface area contributed by atoms with Crippen LogP contribution in [0.5, 0.6) is 0 Å². The summed E-state index contributed by atoms with van der Waals surface area (Å²) in [5, 5.41) is 10.6. The monoisotopic (exact) mass is 457 g/mol. The summed E-state index contributed by atoms with van der Waals surface area (Å²) in [6, 6.07) is 10.5. The molecule has 0 saturated heterocycles. The molecule has 0 saturated carbocycles. The van der Waals surface area contributed by atoms with Crippen LogP contribution in [-0.4, -0.2) is 47.9 Å². The number of nitrogens with zero attached hydrogens (tertiary/aromatic N) is 5. The summed E-state index contributed by atoms with van der Waals surface area (Å²) in [6.07, 6.45) is 3.76. The van der Waals surface area contributed by atoms with E-state index in [0.717, 1.165) is 37.7 Å². The Morgan fingerprint density at radius 1 is 1.20 bits per heavy atom. The van der Waals surface area contributed by atoms with Crippen LogP contribution in [-0.2, 0) is 13.6 Å². The van der Waals surface area contributed by atoms with Gasteiger partial charge in [0.05, 0.1) is 6.54 Å². The van der Waals surface area contributed by atoms with Gasteiger partial charge in [0.2, 0.25) is 0 Å². The number of anilines is 1. The van der Waals surface area contributed by atoms with E-state index in [1.807, 2.05) is 13.1 Å². The fraction of sp³-hybridized carbons (Fsp3) is 0.471. The maximum Gasteiger partial charge on any atom is 0.191 e. The fourth-order valence-corrected chi connectivity index (χ4v) is 2.36. The quantitative estimate of drug-likeness (QED) is 0.275. The molecule has 2 N–H and O–H groups in total. The number of guanidine groups is 1. The number of benzene rings is 1. The minimum Gasteiger partial charge on any atom is -0.375 e. The number of para-hydroxylation sites is 1. The van der Waals surface area contributed by atoms with Crippen LogP contribution in [0, 0.1) is 0 Å². The highest BCUT2D eigenvalue weighted by Gasteiger charge is 2.03. The fourth-order valence-electron chi connectivity index (χ4n) is 2.36. The van der Waals surface area contributed by atoms with Gasteiger partial charge in [-0.2, -0.15) is 5.10 Å². The number of aryl methyl sites for hydroxylation is 1. The van der Waals surface area contributed by atoms with Crippen LogP contribution in [0.25, 0.3) is 0 Å². The molecule has 25 heavy (non-hydrogen) atoms. The third kappa shape index (κ3) is 7.29. The van der Waals surface area contributed by atoms with Gasteiger partial charge in [0.1, 0.15) is 12.2 Å². The Morgan fingerprint density at radius 3 is 2.60 bits per heavy atom. The number of aliphatic imine (C=N–C) groups is 1. The highest BCUT2D eigenvalue weighted by atomic mass is 127. The summed E-state index contributed by atoms with van der Waals surface area (Å²) >= 11 is 0. The van der Waals surface area contributed by atoms with Gasteiger partial charge in [0.15, 0.2) is 5.96 Å². The molecule has 1 aromatic carbocycles. The van der Waals surface area contributed by atoms with Gasteiger partial charge in [-0.25, -0.2) is 4.98 Å². The molecule has 0 aliphatic carbocycles. The molecule has 0 amide bonds. The lowest BCUT2D eigenvalue weighted by atomic mass is 10.2. The van der Waals surface area contributed by atoms with Crippen LogP contribution in [0.2, 0.25) is 0 Å². The molecule has 1 aromatic heterocycles. The minimum absolute atomic E-state index is 0. The normalized spacial score (nSPS) is 10.9. The molecule has 0 fully saturated rings. The molecular weight excluding hydrogens is 429 g/mol. The van der Waals surface area contributed by atoms with Gasteiger partial charge >= 0.3 is 0 Å². The predicted octanol–water partition coefficient (Wildman–Crippen LogP) is 2.01. The molecule has 2 aromatic rings. The van der Waals surface area contributed by atoms with Crippen molar-refractivity contribution in [2.75, 3.05) is 32.1 Å². The van der Waals surface area contributed by atoms with E-state index in [0.29, 0.717) is 6.54 Å². The van der Waals surface area contributed by atoms with E-state index in [4.69, 9.17) is 0 Å². The summed E-state index contributed by atoms with van der Waals surface area (Å²) in [4.78, 5) is 10.7. The predicted molar refractivity (Wildman–Crippen MR) is 114 cm³/mol. The van der Waals surface area contributed by atoms with Crippen LogP contribution in [0.15, 0.2) is 41.7 Å². The molecular formula is C17H28IN7. The van der Waals surface area contributed by atoms with Crippen LogP contribution in [0.1, 0.15) is 18.7 Å². The molecule has 2 rings (SSSR count). The lowest BCUT2D eigenvalue weighted by Crippen LogP contribution is -2.38. The Kier molecular flexibility index (Phi) is 9.90. The molecule has 8 heteroatoms. The largest absolute Gasteiger partial charge is 0.375 e. The molecule has 0 spiro atoms. The van der Waals surface area contributed by atoms with Crippen molar-refractivity contribution in [2.45, 2.75) is 19.4 Å². The molecule has 0 radical (unpaired) electrons. The van der Waals surface area contributed by atoms with Gasteiger partial charge in [-0.3, -0.25) is 9.67 Å². The molecule has 138 valence electrons. The maximum atomic E-state index is 4.22. The van der Waals surface area contributed by atoms with E-state index in [-0.39, 0.29) is 24.0 Å². The number of rotatable bonds is 8.